The van der Waals surface area contributed by atoms with Crippen LogP contribution < -0.4 is 11.1 Å². The van der Waals surface area contributed by atoms with Crippen molar-refractivity contribution in [3.05, 3.63) is 12.2 Å². The maximum absolute atomic E-state index is 11.7. The first kappa shape index (κ1) is 12.6. The van der Waals surface area contributed by atoms with Gasteiger partial charge in [0.25, 0.3) is 0 Å². The predicted molar refractivity (Wildman–Crippen MR) is 60.3 cm³/mol. The number of rotatable bonds is 3. The summed E-state index contributed by atoms with van der Waals surface area (Å²) in [4.78, 5) is 15.7. The SMILES string of the molecule is Cn1cnc(CNC(=O)C(N)C(C)(C)C)n1. The summed E-state index contributed by atoms with van der Waals surface area (Å²) in [5, 5.41) is 6.77. The number of carbonyl (C=O) groups excluding carboxylic acids is 1. The Kier molecular flexibility index (Phi) is 3.64. The lowest BCUT2D eigenvalue weighted by atomic mass is 9.87. The second kappa shape index (κ2) is 4.61. The van der Waals surface area contributed by atoms with E-state index < -0.39 is 6.04 Å². The first-order valence-corrected chi connectivity index (χ1v) is 5.18. The molecule has 16 heavy (non-hydrogen) atoms. The first-order valence-electron chi connectivity index (χ1n) is 5.18. The van der Waals surface area contributed by atoms with Crippen molar-refractivity contribution in [1.29, 1.82) is 0 Å². The number of hydrogen-bond acceptors (Lipinski definition) is 4. The van der Waals surface area contributed by atoms with Crippen molar-refractivity contribution in [3.63, 3.8) is 0 Å². The lowest BCUT2D eigenvalue weighted by molar-refractivity contribution is -0.124. The molecule has 3 N–H and O–H groups in total. The van der Waals surface area contributed by atoms with Crippen molar-refractivity contribution in [3.8, 4) is 0 Å². The Morgan fingerprint density at radius 3 is 2.69 bits per heavy atom. The van der Waals surface area contributed by atoms with Gasteiger partial charge in [-0.25, -0.2) is 4.98 Å². The molecule has 0 saturated carbocycles. The van der Waals surface area contributed by atoms with Gasteiger partial charge in [-0.1, -0.05) is 20.8 Å². The highest BCUT2D eigenvalue weighted by Crippen LogP contribution is 2.17. The van der Waals surface area contributed by atoms with E-state index in [4.69, 9.17) is 5.73 Å². The van der Waals surface area contributed by atoms with Crippen LogP contribution in [-0.4, -0.2) is 26.7 Å². The van der Waals surface area contributed by atoms with Crippen LogP contribution in [0.4, 0.5) is 0 Å². The van der Waals surface area contributed by atoms with Crippen LogP contribution in [-0.2, 0) is 18.4 Å². The zero-order valence-electron chi connectivity index (χ0n) is 10.2. The Bertz CT molecular complexity index is 366. The number of aromatic nitrogens is 3. The third-order valence-corrected chi connectivity index (χ3v) is 2.28. The van der Waals surface area contributed by atoms with Crippen molar-refractivity contribution >= 4 is 5.91 Å². The van der Waals surface area contributed by atoms with Crippen LogP contribution in [0.5, 0.6) is 0 Å². The fourth-order valence-electron chi connectivity index (χ4n) is 1.13. The largest absolute Gasteiger partial charge is 0.347 e. The quantitative estimate of drug-likeness (QED) is 0.746. The predicted octanol–water partition coefficient (Wildman–Crippen LogP) is -0.195. The third-order valence-electron chi connectivity index (χ3n) is 2.28. The number of nitrogens with one attached hydrogen (secondary N) is 1. The van der Waals surface area contributed by atoms with E-state index in [-0.39, 0.29) is 11.3 Å². The number of amides is 1. The van der Waals surface area contributed by atoms with Gasteiger partial charge >= 0.3 is 0 Å². The van der Waals surface area contributed by atoms with Gasteiger partial charge in [-0.3, -0.25) is 9.48 Å². The molecule has 0 spiro atoms. The van der Waals surface area contributed by atoms with Crippen LogP contribution in [0.15, 0.2) is 6.33 Å². The van der Waals surface area contributed by atoms with E-state index in [9.17, 15) is 4.79 Å². The molecule has 1 aromatic rings. The van der Waals surface area contributed by atoms with Crippen LogP contribution in [0.3, 0.4) is 0 Å². The van der Waals surface area contributed by atoms with E-state index in [1.165, 1.54) is 0 Å². The molecule has 1 amide bonds. The maximum atomic E-state index is 11.7. The van der Waals surface area contributed by atoms with Crippen molar-refractivity contribution in [2.45, 2.75) is 33.4 Å². The van der Waals surface area contributed by atoms with Crippen molar-refractivity contribution < 1.29 is 4.79 Å². The molecule has 1 aromatic heterocycles. The molecular formula is C10H19N5O. The molecule has 0 aliphatic heterocycles. The van der Waals surface area contributed by atoms with Gasteiger partial charge in [0.15, 0.2) is 5.82 Å². The zero-order valence-corrected chi connectivity index (χ0v) is 10.2. The van der Waals surface area contributed by atoms with Gasteiger partial charge in [-0.05, 0) is 5.41 Å². The maximum Gasteiger partial charge on any atom is 0.237 e. The Morgan fingerprint density at radius 1 is 1.62 bits per heavy atom. The van der Waals surface area contributed by atoms with E-state index in [1.807, 2.05) is 20.8 Å². The molecule has 0 fully saturated rings. The molecule has 0 aliphatic carbocycles. The average Bonchev–Trinajstić information content (AvgIpc) is 2.58. The smallest absolute Gasteiger partial charge is 0.237 e. The van der Waals surface area contributed by atoms with Crippen molar-refractivity contribution in [2.75, 3.05) is 0 Å². The molecule has 6 heteroatoms. The molecule has 90 valence electrons. The average molecular weight is 225 g/mol. The molecule has 1 unspecified atom stereocenters. The number of nitrogens with two attached hydrogens (primary N) is 1. The van der Waals surface area contributed by atoms with Gasteiger partial charge in [0.05, 0.1) is 12.6 Å². The van der Waals surface area contributed by atoms with Crippen molar-refractivity contribution in [2.24, 2.45) is 18.2 Å². The summed E-state index contributed by atoms with van der Waals surface area (Å²) in [5.74, 6) is 0.400. The lowest BCUT2D eigenvalue weighted by Gasteiger charge is -2.25. The standard InChI is InChI=1S/C10H19N5O/c1-10(2,3)8(11)9(16)12-5-7-13-6-15(4)14-7/h6,8H,5,11H2,1-4H3,(H,12,16). The number of hydrogen-bond donors (Lipinski definition) is 2. The minimum atomic E-state index is -0.531. The topological polar surface area (TPSA) is 85.8 Å². The summed E-state index contributed by atoms with van der Waals surface area (Å²) in [5.41, 5.74) is 5.56. The number of aryl methyl sites for hydroxylation is 1. The summed E-state index contributed by atoms with van der Waals surface area (Å²) < 4.78 is 1.59. The summed E-state index contributed by atoms with van der Waals surface area (Å²) in [6.45, 7) is 6.09. The molecule has 1 atom stereocenters. The minimum absolute atomic E-state index is 0.181. The summed E-state index contributed by atoms with van der Waals surface area (Å²) in [7, 11) is 1.78. The molecule has 0 bridgehead atoms. The van der Waals surface area contributed by atoms with Gasteiger partial charge in [0, 0.05) is 7.05 Å². The molecule has 1 heterocycles. The van der Waals surface area contributed by atoms with Gasteiger partial charge in [0.1, 0.15) is 6.33 Å². The summed E-state index contributed by atoms with van der Waals surface area (Å²) in [6.07, 6.45) is 1.59. The van der Waals surface area contributed by atoms with Gasteiger partial charge in [-0.2, -0.15) is 5.10 Å². The second-order valence-electron chi connectivity index (χ2n) is 4.90. The molecule has 6 nitrogen and oxygen atoms in total. The van der Waals surface area contributed by atoms with Crippen LogP contribution in [0.1, 0.15) is 26.6 Å². The van der Waals surface area contributed by atoms with Crippen molar-refractivity contribution in [1.82, 2.24) is 20.1 Å². The molecule has 1 rings (SSSR count). The van der Waals surface area contributed by atoms with Crippen LogP contribution in [0, 0.1) is 5.41 Å². The number of carbonyl (C=O) groups is 1. The second-order valence-corrected chi connectivity index (χ2v) is 4.90. The molecule has 0 radical (unpaired) electrons. The first-order chi connectivity index (χ1) is 7.30. The minimum Gasteiger partial charge on any atom is -0.347 e. The fourth-order valence-corrected chi connectivity index (χ4v) is 1.13. The van der Waals surface area contributed by atoms with Gasteiger partial charge in [0.2, 0.25) is 5.91 Å². The number of nitrogens with zero attached hydrogens (tertiary/aromatic N) is 3. The van der Waals surface area contributed by atoms with Crippen LogP contribution in [0.25, 0.3) is 0 Å². The van der Waals surface area contributed by atoms with E-state index in [0.29, 0.717) is 12.4 Å². The molecule has 0 aromatic carbocycles. The highest BCUT2D eigenvalue weighted by atomic mass is 16.2. The molecule has 0 saturated heterocycles. The highest BCUT2D eigenvalue weighted by Gasteiger charge is 2.27. The van der Waals surface area contributed by atoms with Gasteiger partial charge < -0.3 is 11.1 Å². The Hall–Kier alpha value is -1.43. The molecule has 0 aliphatic rings. The van der Waals surface area contributed by atoms with E-state index >= 15 is 0 Å². The monoisotopic (exact) mass is 225 g/mol. The Labute approximate surface area is 95.2 Å². The summed E-state index contributed by atoms with van der Waals surface area (Å²) in [6, 6.07) is -0.531. The fraction of sp³-hybridized carbons (Fsp3) is 0.700. The van der Waals surface area contributed by atoms with Crippen LogP contribution >= 0.6 is 0 Å². The highest BCUT2D eigenvalue weighted by molar-refractivity contribution is 5.82. The summed E-state index contributed by atoms with van der Waals surface area (Å²) >= 11 is 0. The van der Waals surface area contributed by atoms with Gasteiger partial charge in [-0.15, -0.1) is 0 Å². The normalized spacial score (nSPS) is 13.6. The van der Waals surface area contributed by atoms with E-state index in [2.05, 4.69) is 15.4 Å². The van der Waals surface area contributed by atoms with Crippen LogP contribution in [0.2, 0.25) is 0 Å². The van der Waals surface area contributed by atoms with E-state index in [0.717, 1.165) is 0 Å². The Balaban J connectivity index is 2.47. The lowest BCUT2D eigenvalue weighted by Crippen LogP contribution is -2.48. The third kappa shape index (κ3) is 3.30. The Morgan fingerprint density at radius 2 is 2.25 bits per heavy atom. The zero-order chi connectivity index (χ0) is 12.3. The van der Waals surface area contributed by atoms with E-state index in [1.54, 1.807) is 18.1 Å². The molecular weight excluding hydrogens is 206 g/mol.